The number of aliphatic carboxylic acids is 1. The zero-order valence-corrected chi connectivity index (χ0v) is 11.7. The second-order valence-electron chi connectivity index (χ2n) is 4.65. The van der Waals surface area contributed by atoms with E-state index in [2.05, 4.69) is 18.3 Å². The molecule has 19 heavy (non-hydrogen) atoms. The van der Waals surface area contributed by atoms with Gasteiger partial charge in [-0.05, 0) is 49.6 Å². The maximum absolute atomic E-state index is 10.6. The quantitative estimate of drug-likeness (QED) is 0.637. The smallest absolute Gasteiger partial charge is 0.321 e. The van der Waals surface area contributed by atoms with Crippen LogP contribution in [-0.4, -0.2) is 37.3 Å². The first kappa shape index (κ1) is 15.5. The van der Waals surface area contributed by atoms with Crippen molar-refractivity contribution in [2.75, 3.05) is 20.2 Å². The standard InChI is InChI=1S/C14H22N2O3/c1-9-6-11(13(19-3)7-10(9)2)4-5-16-8-12(15)14(17)18/h6-7,12,16H,4-5,8,15H2,1-3H3,(H,17,18). The van der Waals surface area contributed by atoms with E-state index in [0.29, 0.717) is 6.54 Å². The number of benzene rings is 1. The van der Waals surface area contributed by atoms with Crippen LogP contribution in [0.1, 0.15) is 16.7 Å². The molecule has 0 amide bonds. The van der Waals surface area contributed by atoms with Crippen LogP contribution in [0.2, 0.25) is 0 Å². The molecule has 5 nitrogen and oxygen atoms in total. The first-order chi connectivity index (χ1) is 8.95. The van der Waals surface area contributed by atoms with Crippen LogP contribution in [0.25, 0.3) is 0 Å². The number of rotatable bonds is 7. The van der Waals surface area contributed by atoms with E-state index in [9.17, 15) is 4.79 Å². The Hall–Kier alpha value is -1.59. The maximum atomic E-state index is 10.6. The summed E-state index contributed by atoms with van der Waals surface area (Å²) in [5.74, 6) is -0.122. The fourth-order valence-electron chi connectivity index (χ4n) is 1.80. The fraction of sp³-hybridized carbons (Fsp3) is 0.500. The van der Waals surface area contributed by atoms with Gasteiger partial charge in [-0.25, -0.2) is 0 Å². The molecule has 1 unspecified atom stereocenters. The number of aryl methyl sites for hydroxylation is 2. The van der Waals surface area contributed by atoms with Gasteiger partial charge in [0.15, 0.2) is 0 Å². The van der Waals surface area contributed by atoms with Crippen LogP contribution in [0.4, 0.5) is 0 Å². The summed E-state index contributed by atoms with van der Waals surface area (Å²) in [6.07, 6.45) is 0.774. The van der Waals surface area contributed by atoms with Crippen LogP contribution in [0.15, 0.2) is 12.1 Å². The maximum Gasteiger partial charge on any atom is 0.321 e. The van der Waals surface area contributed by atoms with Crippen molar-refractivity contribution in [2.24, 2.45) is 5.73 Å². The van der Waals surface area contributed by atoms with E-state index in [1.807, 2.05) is 13.0 Å². The number of hydrogen-bond acceptors (Lipinski definition) is 4. The van der Waals surface area contributed by atoms with Crippen LogP contribution in [0.3, 0.4) is 0 Å². The molecule has 1 aromatic carbocycles. The predicted octanol–water partition coefficient (Wildman–Crippen LogP) is 0.856. The lowest BCUT2D eigenvalue weighted by Crippen LogP contribution is -2.40. The highest BCUT2D eigenvalue weighted by atomic mass is 16.5. The average molecular weight is 266 g/mol. The number of hydrogen-bond donors (Lipinski definition) is 3. The highest BCUT2D eigenvalue weighted by Crippen LogP contribution is 2.23. The third-order valence-corrected chi connectivity index (χ3v) is 3.15. The monoisotopic (exact) mass is 266 g/mol. The zero-order valence-electron chi connectivity index (χ0n) is 11.7. The molecular formula is C14H22N2O3. The first-order valence-electron chi connectivity index (χ1n) is 6.29. The highest BCUT2D eigenvalue weighted by molar-refractivity contribution is 5.73. The predicted molar refractivity (Wildman–Crippen MR) is 74.7 cm³/mol. The van der Waals surface area contributed by atoms with Crippen molar-refractivity contribution in [2.45, 2.75) is 26.3 Å². The molecule has 0 radical (unpaired) electrons. The molecule has 0 fully saturated rings. The molecule has 0 aromatic heterocycles. The van der Waals surface area contributed by atoms with Crippen LogP contribution < -0.4 is 15.8 Å². The Morgan fingerprint density at radius 3 is 2.63 bits per heavy atom. The highest BCUT2D eigenvalue weighted by Gasteiger charge is 2.10. The van der Waals surface area contributed by atoms with E-state index in [0.717, 1.165) is 17.7 Å². The summed E-state index contributed by atoms with van der Waals surface area (Å²) in [5.41, 5.74) is 8.94. The molecule has 106 valence electrons. The molecule has 1 atom stereocenters. The second-order valence-corrected chi connectivity index (χ2v) is 4.65. The summed E-state index contributed by atoms with van der Waals surface area (Å²) in [6, 6.07) is 3.27. The molecule has 0 aliphatic rings. The van der Waals surface area contributed by atoms with E-state index in [-0.39, 0.29) is 6.54 Å². The van der Waals surface area contributed by atoms with Gasteiger partial charge in [-0.1, -0.05) is 6.07 Å². The van der Waals surface area contributed by atoms with Gasteiger partial charge in [-0.15, -0.1) is 0 Å². The Balaban J connectivity index is 2.53. The summed E-state index contributed by atoms with van der Waals surface area (Å²) in [4.78, 5) is 10.6. The van der Waals surface area contributed by atoms with Gasteiger partial charge in [0.05, 0.1) is 7.11 Å². The SMILES string of the molecule is COc1cc(C)c(C)cc1CCNCC(N)C(=O)O. The van der Waals surface area contributed by atoms with E-state index >= 15 is 0 Å². The molecule has 5 heteroatoms. The lowest BCUT2D eigenvalue weighted by atomic mass is 10.0. The molecule has 0 aliphatic heterocycles. The first-order valence-corrected chi connectivity index (χ1v) is 6.29. The number of carbonyl (C=O) groups is 1. The van der Waals surface area contributed by atoms with Crippen molar-refractivity contribution in [1.82, 2.24) is 5.32 Å². The number of methoxy groups -OCH3 is 1. The summed E-state index contributed by atoms with van der Waals surface area (Å²) < 4.78 is 5.35. The van der Waals surface area contributed by atoms with Gasteiger partial charge in [0.2, 0.25) is 0 Å². The lowest BCUT2D eigenvalue weighted by Gasteiger charge is -2.13. The van der Waals surface area contributed by atoms with Crippen molar-refractivity contribution in [3.63, 3.8) is 0 Å². The van der Waals surface area contributed by atoms with Crippen molar-refractivity contribution in [1.29, 1.82) is 0 Å². The molecule has 0 saturated heterocycles. The van der Waals surface area contributed by atoms with Crippen molar-refractivity contribution in [3.05, 3.63) is 28.8 Å². The van der Waals surface area contributed by atoms with Gasteiger partial charge in [-0.3, -0.25) is 4.79 Å². The Kier molecular flexibility index (Phi) is 5.79. The summed E-state index contributed by atoms with van der Waals surface area (Å²) in [5, 5.41) is 11.7. The number of nitrogens with two attached hydrogens (primary N) is 1. The summed E-state index contributed by atoms with van der Waals surface area (Å²) >= 11 is 0. The van der Waals surface area contributed by atoms with Gasteiger partial charge in [0, 0.05) is 6.54 Å². The number of nitrogens with one attached hydrogen (secondary N) is 1. The molecule has 4 N–H and O–H groups in total. The van der Waals surface area contributed by atoms with Crippen LogP contribution >= 0.6 is 0 Å². The summed E-state index contributed by atoms with van der Waals surface area (Å²) in [6.45, 7) is 5.04. The zero-order chi connectivity index (χ0) is 14.4. The largest absolute Gasteiger partial charge is 0.496 e. The number of carboxylic acids is 1. The topological polar surface area (TPSA) is 84.6 Å². The minimum Gasteiger partial charge on any atom is -0.496 e. The van der Waals surface area contributed by atoms with Crippen LogP contribution in [0, 0.1) is 13.8 Å². The van der Waals surface area contributed by atoms with Gasteiger partial charge >= 0.3 is 5.97 Å². The molecule has 0 aliphatic carbocycles. The Labute approximate surface area is 113 Å². The van der Waals surface area contributed by atoms with Crippen molar-refractivity contribution in [3.8, 4) is 5.75 Å². The van der Waals surface area contributed by atoms with Gasteiger partial charge < -0.3 is 20.9 Å². The van der Waals surface area contributed by atoms with E-state index in [1.165, 1.54) is 11.1 Å². The molecule has 1 aromatic rings. The van der Waals surface area contributed by atoms with Crippen LogP contribution in [0.5, 0.6) is 5.75 Å². The van der Waals surface area contributed by atoms with Crippen LogP contribution in [-0.2, 0) is 11.2 Å². The molecule has 0 saturated carbocycles. The number of ether oxygens (including phenoxy) is 1. The molecule has 1 rings (SSSR count). The van der Waals surface area contributed by atoms with Crippen molar-refractivity contribution >= 4 is 5.97 Å². The fourth-order valence-corrected chi connectivity index (χ4v) is 1.80. The second kappa shape index (κ2) is 7.11. The Morgan fingerprint density at radius 2 is 2.05 bits per heavy atom. The van der Waals surface area contributed by atoms with Crippen molar-refractivity contribution < 1.29 is 14.6 Å². The third kappa shape index (κ3) is 4.54. The third-order valence-electron chi connectivity index (χ3n) is 3.15. The minimum atomic E-state index is -0.990. The molecule has 0 spiro atoms. The van der Waals surface area contributed by atoms with Gasteiger partial charge in [-0.2, -0.15) is 0 Å². The summed E-state index contributed by atoms with van der Waals surface area (Å²) in [7, 11) is 1.65. The van der Waals surface area contributed by atoms with E-state index < -0.39 is 12.0 Å². The lowest BCUT2D eigenvalue weighted by molar-refractivity contribution is -0.138. The number of carboxylic acid groups (broad SMARTS) is 1. The molecule has 0 heterocycles. The van der Waals surface area contributed by atoms with Gasteiger partial charge in [0.25, 0.3) is 0 Å². The van der Waals surface area contributed by atoms with E-state index in [1.54, 1.807) is 7.11 Å². The Morgan fingerprint density at radius 1 is 1.42 bits per heavy atom. The molecular weight excluding hydrogens is 244 g/mol. The Bertz CT molecular complexity index is 447. The van der Waals surface area contributed by atoms with E-state index in [4.69, 9.17) is 15.6 Å². The minimum absolute atomic E-state index is 0.266. The molecule has 0 bridgehead atoms. The average Bonchev–Trinajstić information content (AvgIpc) is 2.37. The normalized spacial score (nSPS) is 12.2. The van der Waals surface area contributed by atoms with Gasteiger partial charge in [0.1, 0.15) is 11.8 Å².